The third-order valence-electron chi connectivity index (χ3n) is 4.21. The molecule has 1 fully saturated rings. The fourth-order valence-corrected chi connectivity index (χ4v) is 3.98. The number of amides is 1. The number of piperazine rings is 1. The topological polar surface area (TPSA) is 38.0 Å². The molecule has 3 N–H and O–H groups in total. The van der Waals surface area contributed by atoms with E-state index in [9.17, 15) is 4.79 Å². The van der Waals surface area contributed by atoms with Gasteiger partial charge >= 0.3 is 0 Å². The molecule has 2 aromatic rings. The van der Waals surface area contributed by atoms with Gasteiger partial charge in [0.2, 0.25) is 0 Å². The Morgan fingerprint density at radius 3 is 2.43 bits per heavy atom. The highest BCUT2D eigenvalue weighted by molar-refractivity contribution is 9.10. The van der Waals surface area contributed by atoms with Gasteiger partial charge in [-0.1, -0.05) is 22.0 Å². The van der Waals surface area contributed by atoms with E-state index in [1.54, 1.807) is 4.90 Å². The minimum absolute atomic E-state index is 0.101. The fraction of sp³-hybridized carbons (Fsp3) is 0.353. The number of anilines is 1. The third kappa shape index (κ3) is 5.14. The summed E-state index contributed by atoms with van der Waals surface area (Å²) in [4.78, 5) is 16.6. The average molecular weight is 396 g/mol. The Labute approximate surface area is 149 Å². The Morgan fingerprint density at radius 2 is 1.78 bits per heavy atom. The molecule has 2 heterocycles. The second-order valence-electron chi connectivity index (χ2n) is 5.99. The molecule has 0 saturated carbocycles. The number of nitrogens with one attached hydrogen (secondary N) is 3. The zero-order valence-electron chi connectivity index (χ0n) is 13.0. The van der Waals surface area contributed by atoms with Crippen molar-refractivity contribution in [1.29, 1.82) is 0 Å². The summed E-state index contributed by atoms with van der Waals surface area (Å²) in [6.45, 7) is 6.08. The van der Waals surface area contributed by atoms with Crippen LogP contribution in [0.25, 0.3) is 0 Å². The number of quaternary nitrogens is 2. The first-order valence-electron chi connectivity index (χ1n) is 7.94. The van der Waals surface area contributed by atoms with Gasteiger partial charge in [0, 0.05) is 10.2 Å². The lowest BCUT2D eigenvalue weighted by atomic mass is 10.3. The number of hydrogen-bond donors (Lipinski definition) is 3. The number of benzene rings is 1. The lowest BCUT2D eigenvalue weighted by Crippen LogP contribution is -3.28. The van der Waals surface area contributed by atoms with Crippen molar-refractivity contribution in [2.75, 3.05) is 38.0 Å². The molecule has 6 heteroatoms. The molecular formula is C17H22BrN3OS+2. The molecule has 1 aliphatic heterocycles. The van der Waals surface area contributed by atoms with E-state index < -0.39 is 0 Å². The van der Waals surface area contributed by atoms with Crippen molar-refractivity contribution < 1.29 is 14.6 Å². The maximum atomic E-state index is 12.2. The van der Waals surface area contributed by atoms with Gasteiger partial charge in [-0.15, -0.1) is 11.3 Å². The van der Waals surface area contributed by atoms with Gasteiger partial charge in [0.25, 0.3) is 5.91 Å². The molecule has 1 aliphatic rings. The van der Waals surface area contributed by atoms with Crippen LogP contribution in [0.1, 0.15) is 4.88 Å². The minimum atomic E-state index is 0.101. The maximum Gasteiger partial charge on any atom is 0.279 e. The van der Waals surface area contributed by atoms with Crippen molar-refractivity contribution in [3.05, 3.63) is 51.1 Å². The SMILES string of the molecule is O=C(C[NH+]1CC[NH+](Cc2cccs2)CC1)Nc1ccc(Br)cc1. The standard InChI is InChI=1S/C17H20BrN3OS/c18-14-3-5-15(6-4-14)19-17(22)13-21-9-7-20(8-10-21)12-16-2-1-11-23-16/h1-6,11H,7-10,12-13H2,(H,19,22)/p+2. The number of thiophene rings is 1. The molecule has 23 heavy (non-hydrogen) atoms. The molecule has 1 amide bonds. The Balaban J connectivity index is 1.41. The zero-order chi connectivity index (χ0) is 16.1. The van der Waals surface area contributed by atoms with E-state index in [4.69, 9.17) is 0 Å². The quantitative estimate of drug-likeness (QED) is 0.674. The van der Waals surface area contributed by atoms with Crippen LogP contribution in [0.3, 0.4) is 0 Å². The first kappa shape index (κ1) is 16.6. The van der Waals surface area contributed by atoms with E-state index in [1.165, 1.54) is 9.78 Å². The van der Waals surface area contributed by atoms with Gasteiger partial charge in [0.15, 0.2) is 6.54 Å². The van der Waals surface area contributed by atoms with Gasteiger partial charge < -0.3 is 15.1 Å². The van der Waals surface area contributed by atoms with Gasteiger partial charge in [-0.05, 0) is 35.7 Å². The summed E-state index contributed by atoms with van der Waals surface area (Å²) in [5.41, 5.74) is 0.861. The highest BCUT2D eigenvalue weighted by atomic mass is 79.9. The molecule has 0 aliphatic carbocycles. The van der Waals surface area contributed by atoms with Gasteiger partial charge in [0.1, 0.15) is 32.7 Å². The average Bonchev–Trinajstić information content (AvgIpc) is 3.04. The largest absolute Gasteiger partial charge is 0.321 e. The van der Waals surface area contributed by atoms with Crippen LogP contribution in [0.15, 0.2) is 46.3 Å². The van der Waals surface area contributed by atoms with Gasteiger partial charge in [-0.2, -0.15) is 0 Å². The van der Waals surface area contributed by atoms with E-state index in [-0.39, 0.29) is 5.91 Å². The first-order valence-corrected chi connectivity index (χ1v) is 9.61. The normalized spacial score (nSPS) is 21.1. The lowest BCUT2D eigenvalue weighted by Gasteiger charge is -2.29. The van der Waals surface area contributed by atoms with Gasteiger partial charge in [-0.25, -0.2) is 0 Å². The first-order chi connectivity index (χ1) is 11.2. The van der Waals surface area contributed by atoms with Crippen LogP contribution < -0.4 is 15.1 Å². The number of carbonyl (C=O) groups is 1. The molecule has 0 radical (unpaired) electrons. The molecule has 0 spiro atoms. The summed E-state index contributed by atoms with van der Waals surface area (Å²) in [5, 5.41) is 5.12. The van der Waals surface area contributed by atoms with Crippen LogP contribution in [0.5, 0.6) is 0 Å². The van der Waals surface area contributed by atoms with Gasteiger partial charge in [0.05, 0.1) is 4.88 Å². The van der Waals surface area contributed by atoms with Crippen LogP contribution in [0.2, 0.25) is 0 Å². The van der Waals surface area contributed by atoms with E-state index in [0.29, 0.717) is 6.54 Å². The second-order valence-corrected chi connectivity index (χ2v) is 7.94. The molecular weight excluding hydrogens is 374 g/mol. The highest BCUT2D eigenvalue weighted by Gasteiger charge is 2.25. The van der Waals surface area contributed by atoms with Crippen LogP contribution in [0, 0.1) is 0 Å². The maximum absolute atomic E-state index is 12.2. The number of carbonyl (C=O) groups excluding carboxylic acids is 1. The number of halogens is 1. The smallest absolute Gasteiger partial charge is 0.279 e. The molecule has 1 aromatic heterocycles. The molecule has 3 rings (SSSR count). The summed E-state index contributed by atoms with van der Waals surface area (Å²) in [5.74, 6) is 0.101. The van der Waals surface area contributed by atoms with Crippen molar-refractivity contribution in [2.24, 2.45) is 0 Å². The summed E-state index contributed by atoms with van der Waals surface area (Å²) in [6.07, 6.45) is 0. The van der Waals surface area contributed by atoms with Crippen molar-refractivity contribution in [2.45, 2.75) is 6.54 Å². The second kappa shape index (κ2) is 8.06. The van der Waals surface area contributed by atoms with Crippen molar-refractivity contribution >= 4 is 38.9 Å². The molecule has 1 saturated heterocycles. The van der Waals surface area contributed by atoms with Crippen LogP contribution >= 0.6 is 27.3 Å². The molecule has 4 nitrogen and oxygen atoms in total. The number of hydrogen-bond acceptors (Lipinski definition) is 2. The third-order valence-corrected chi connectivity index (χ3v) is 5.61. The molecule has 1 aromatic carbocycles. The lowest BCUT2D eigenvalue weighted by molar-refractivity contribution is -1.01. The summed E-state index contributed by atoms with van der Waals surface area (Å²) < 4.78 is 1.02. The zero-order valence-corrected chi connectivity index (χ0v) is 15.4. The Bertz CT molecular complexity index is 622. The summed E-state index contributed by atoms with van der Waals surface area (Å²) in [7, 11) is 0. The van der Waals surface area contributed by atoms with Crippen molar-refractivity contribution in [3.8, 4) is 0 Å². The molecule has 0 bridgehead atoms. The van der Waals surface area contributed by atoms with Crippen LogP contribution in [-0.4, -0.2) is 38.6 Å². The van der Waals surface area contributed by atoms with E-state index in [2.05, 4.69) is 38.8 Å². The van der Waals surface area contributed by atoms with Crippen LogP contribution in [-0.2, 0) is 11.3 Å². The summed E-state index contributed by atoms with van der Waals surface area (Å²) >= 11 is 5.23. The highest BCUT2D eigenvalue weighted by Crippen LogP contribution is 2.13. The van der Waals surface area contributed by atoms with E-state index >= 15 is 0 Å². The Hall–Kier alpha value is -1.21. The van der Waals surface area contributed by atoms with Crippen molar-refractivity contribution in [1.82, 2.24) is 0 Å². The summed E-state index contributed by atoms with van der Waals surface area (Å²) in [6, 6.07) is 12.0. The Kier molecular flexibility index (Phi) is 5.83. The monoisotopic (exact) mass is 395 g/mol. The Morgan fingerprint density at radius 1 is 1.09 bits per heavy atom. The molecule has 0 atom stereocenters. The van der Waals surface area contributed by atoms with Crippen LogP contribution in [0.4, 0.5) is 5.69 Å². The predicted octanol–water partition coefficient (Wildman–Crippen LogP) is 0.433. The number of rotatable bonds is 5. The van der Waals surface area contributed by atoms with Gasteiger partial charge in [-0.3, -0.25) is 4.79 Å². The molecule has 122 valence electrons. The van der Waals surface area contributed by atoms with Crippen molar-refractivity contribution in [3.63, 3.8) is 0 Å². The minimum Gasteiger partial charge on any atom is -0.321 e. The van der Waals surface area contributed by atoms with E-state index in [0.717, 1.165) is 42.9 Å². The molecule has 0 unspecified atom stereocenters. The predicted molar refractivity (Wildman–Crippen MR) is 97.1 cm³/mol. The fourth-order valence-electron chi connectivity index (χ4n) is 2.94. The van der Waals surface area contributed by atoms with E-state index in [1.807, 2.05) is 35.6 Å².